The molecule has 150 valence electrons. The number of carbonyl (C=O) groups is 1. The van der Waals surface area contributed by atoms with Gasteiger partial charge in [0, 0.05) is 23.7 Å². The Balaban J connectivity index is 1.67. The first-order chi connectivity index (χ1) is 14.0. The predicted molar refractivity (Wildman–Crippen MR) is 106 cm³/mol. The van der Waals surface area contributed by atoms with Gasteiger partial charge in [-0.3, -0.25) is 9.59 Å². The molecule has 1 N–H and O–H groups in total. The summed E-state index contributed by atoms with van der Waals surface area (Å²) in [7, 11) is 3.01. The van der Waals surface area contributed by atoms with Gasteiger partial charge in [0.2, 0.25) is 0 Å². The molecule has 0 saturated carbocycles. The lowest BCUT2D eigenvalue weighted by molar-refractivity contribution is 0.0951. The molecule has 2 aromatic carbocycles. The topological polar surface area (TPSA) is 82.5 Å². The quantitative estimate of drug-likeness (QED) is 0.662. The summed E-state index contributed by atoms with van der Waals surface area (Å²) in [5, 5.41) is 7.03. The van der Waals surface area contributed by atoms with Crippen LogP contribution in [0.1, 0.15) is 10.4 Å². The Morgan fingerprint density at radius 2 is 1.76 bits per heavy atom. The molecule has 8 heteroatoms. The van der Waals surface area contributed by atoms with E-state index in [9.17, 15) is 14.0 Å². The van der Waals surface area contributed by atoms with Crippen molar-refractivity contribution >= 4 is 5.91 Å². The maximum Gasteiger partial charge on any atom is 0.266 e. The summed E-state index contributed by atoms with van der Waals surface area (Å²) < 4.78 is 24.7. The number of benzene rings is 2. The van der Waals surface area contributed by atoms with E-state index in [0.717, 1.165) is 0 Å². The van der Waals surface area contributed by atoms with Crippen LogP contribution in [0.25, 0.3) is 11.3 Å². The highest BCUT2D eigenvalue weighted by molar-refractivity contribution is 5.94. The van der Waals surface area contributed by atoms with Crippen LogP contribution in [0.15, 0.2) is 59.4 Å². The number of ether oxygens (including phenoxy) is 2. The zero-order valence-corrected chi connectivity index (χ0v) is 16.0. The normalized spacial score (nSPS) is 10.4. The van der Waals surface area contributed by atoms with Crippen LogP contribution in [0, 0.1) is 5.82 Å². The third-order valence-corrected chi connectivity index (χ3v) is 4.26. The van der Waals surface area contributed by atoms with Crippen LogP contribution in [-0.4, -0.2) is 36.5 Å². The highest BCUT2D eigenvalue weighted by Crippen LogP contribution is 2.27. The van der Waals surface area contributed by atoms with E-state index in [0.29, 0.717) is 28.3 Å². The molecule has 0 fully saturated rings. The molecular weight excluding hydrogens is 377 g/mol. The van der Waals surface area contributed by atoms with Crippen LogP contribution >= 0.6 is 0 Å². The van der Waals surface area contributed by atoms with E-state index in [1.165, 1.54) is 37.1 Å². The van der Waals surface area contributed by atoms with Crippen molar-refractivity contribution in [3.05, 3.63) is 76.3 Å². The standard InChI is InChI=1S/C21H20FN3O4/c1-28-18-9-5-15(13-19(18)29-2)21(27)23-11-12-25-20(26)10-8-17(24-25)14-3-6-16(22)7-4-14/h3-10,13H,11-12H2,1-2H3,(H,23,27). The van der Waals surface area contributed by atoms with Gasteiger partial charge in [0.1, 0.15) is 5.82 Å². The van der Waals surface area contributed by atoms with E-state index in [-0.39, 0.29) is 30.4 Å². The van der Waals surface area contributed by atoms with Crippen LogP contribution in [0.3, 0.4) is 0 Å². The number of amides is 1. The van der Waals surface area contributed by atoms with Gasteiger partial charge in [-0.2, -0.15) is 5.10 Å². The van der Waals surface area contributed by atoms with Crippen LogP contribution in [-0.2, 0) is 6.54 Å². The average Bonchev–Trinajstić information content (AvgIpc) is 2.75. The second-order valence-corrected chi connectivity index (χ2v) is 6.11. The van der Waals surface area contributed by atoms with Crippen molar-refractivity contribution < 1.29 is 18.7 Å². The molecule has 0 atom stereocenters. The summed E-state index contributed by atoms with van der Waals surface area (Å²) >= 11 is 0. The number of rotatable bonds is 7. The zero-order chi connectivity index (χ0) is 20.8. The number of hydrogen-bond donors (Lipinski definition) is 1. The molecule has 7 nitrogen and oxygen atoms in total. The van der Waals surface area contributed by atoms with E-state index in [2.05, 4.69) is 10.4 Å². The monoisotopic (exact) mass is 397 g/mol. The molecule has 0 aliphatic heterocycles. The maximum absolute atomic E-state index is 13.1. The van der Waals surface area contributed by atoms with Gasteiger partial charge >= 0.3 is 0 Å². The largest absolute Gasteiger partial charge is 0.493 e. The summed E-state index contributed by atoms with van der Waals surface area (Å²) in [4.78, 5) is 24.4. The molecule has 0 spiro atoms. The molecule has 1 heterocycles. The summed E-state index contributed by atoms with van der Waals surface area (Å²) in [6.07, 6.45) is 0. The van der Waals surface area contributed by atoms with Gasteiger partial charge in [-0.25, -0.2) is 9.07 Å². The Kier molecular flexibility index (Phi) is 6.23. The minimum Gasteiger partial charge on any atom is -0.493 e. The second-order valence-electron chi connectivity index (χ2n) is 6.11. The fourth-order valence-electron chi connectivity index (χ4n) is 2.74. The van der Waals surface area contributed by atoms with Gasteiger partial charge in [-0.1, -0.05) is 0 Å². The number of nitrogens with one attached hydrogen (secondary N) is 1. The van der Waals surface area contributed by atoms with Gasteiger partial charge in [-0.05, 0) is 48.5 Å². The molecule has 0 unspecified atom stereocenters. The lowest BCUT2D eigenvalue weighted by Gasteiger charge is -2.11. The Labute approximate surface area is 166 Å². The molecule has 3 rings (SSSR count). The Morgan fingerprint density at radius 3 is 2.45 bits per heavy atom. The van der Waals surface area contributed by atoms with Gasteiger partial charge < -0.3 is 14.8 Å². The van der Waals surface area contributed by atoms with E-state index in [1.54, 1.807) is 36.4 Å². The number of aromatic nitrogens is 2. The Morgan fingerprint density at radius 1 is 1.03 bits per heavy atom. The summed E-state index contributed by atoms with van der Waals surface area (Å²) in [5.74, 6) is 0.316. The highest BCUT2D eigenvalue weighted by Gasteiger charge is 2.11. The molecule has 1 amide bonds. The number of hydrogen-bond acceptors (Lipinski definition) is 5. The van der Waals surface area contributed by atoms with Gasteiger partial charge in [0.15, 0.2) is 11.5 Å². The maximum atomic E-state index is 13.1. The average molecular weight is 397 g/mol. The summed E-state index contributed by atoms with van der Waals surface area (Å²) in [6, 6.07) is 13.6. The molecular formula is C21H20FN3O4. The van der Waals surface area contributed by atoms with E-state index < -0.39 is 0 Å². The van der Waals surface area contributed by atoms with Crippen molar-refractivity contribution in [2.45, 2.75) is 6.54 Å². The lowest BCUT2D eigenvalue weighted by atomic mass is 10.1. The number of halogens is 1. The zero-order valence-electron chi connectivity index (χ0n) is 16.0. The first-order valence-electron chi connectivity index (χ1n) is 8.86. The fourth-order valence-corrected chi connectivity index (χ4v) is 2.74. The number of nitrogens with zero attached hydrogens (tertiary/aromatic N) is 2. The van der Waals surface area contributed by atoms with Crippen molar-refractivity contribution in [2.24, 2.45) is 0 Å². The fraction of sp³-hybridized carbons (Fsp3) is 0.190. The van der Waals surface area contributed by atoms with Crippen molar-refractivity contribution in [1.82, 2.24) is 15.1 Å². The van der Waals surface area contributed by atoms with Crippen molar-refractivity contribution in [1.29, 1.82) is 0 Å². The van der Waals surface area contributed by atoms with Gasteiger partial charge in [0.05, 0.1) is 26.5 Å². The molecule has 0 aliphatic rings. The van der Waals surface area contributed by atoms with Gasteiger partial charge in [-0.15, -0.1) is 0 Å². The molecule has 0 radical (unpaired) electrons. The minimum absolute atomic E-state index is 0.187. The van der Waals surface area contributed by atoms with Crippen molar-refractivity contribution in [3.63, 3.8) is 0 Å². The second kappa shape index (κ2) is 9.01. The van der Waals surface area contributed by atoms with Gasteiger partial charge in [0.25, 0.3) is 11.5 Å². The Hall–Kier alpha value is -3.68. The van der Waals surface area contributed by atoms with E-state index in [1.807, 2.05) is 0 Å². The number of methoxy groups -OCH3 is 2. The number of carbonyl (C=O) groups excluding carboxylic acids is 1. The first kappa shape index (κ1) is 20.1. The van der Waals surface area contributed by atoms with Crippen molar-refractivity contribution in [2.75, 3.05) is 20.8 Å². The molecule has 0 saturated heterocycles. The predicted octanol–water partition coefficient (Wildman–Crippen LogP) is 2.50. The third-order valence-electron chi connectivity index (χ3n) is 4.26. The molecule has 0 bridgehead atoms. The summed E-state index contributed by atoms with van der Waals surface area (Å²) in [5.41, 5.74) is 1.34. The molecule has 29 heavy (non-hydrogen) atoms. The highest BCUT2D eigenvalue weighted by atomic mass is 19.1. The third kappa shape index (κ3) is 4.78. The summed E-state index contributed by atoms with van der Waals surface area (Å²) in [6.45, 7) is 0.389. The minimum atomic E-state index is -0.347. The SMILES string of the molecule is COc1ccc(C(=O)NCCn2nc(-c3ccc(F)cc3)ccc2=O)cc1OC. The smallest absolute Gasteiger partial charge is 0.266 e. The van der Waals surface area contributed by atoms with Crippen LogP contribution in [0.2, 0.25) is 0 Å². The van der Waals surface area contributed by atoms with Crippen LogP contribution in [0.4, 0.5) is 4.39 Å². The molecule has 1 aromatic heterocycles. The lowest BCUT2D eigenvalue weighted by Crippen LogP contribution is -2.32. The van der Waals surface area contributed by atoms with E-state index in [4.69, 9.17) is 9.47 Å². The van der Waals surface area contributed by atoms with Crippen molar-refractivity contribution in [3.8, 4) is 22.8 Å². The molecule has 3 aromatic rings. The van der Waals surface area contributed by atoms with E-state index >= 15 is 0 Å². The molecule has 0 aliphatic carbocycles. The first-order valence-corrected chi connectivity index (χ1v) is 8.86. The van der Waals surface area contributed by atoms with Crippen LogP contribution < -0.4 is 20.3 Å². The Bertz CT molecular complexity index is 1060. The van der Waals surface area contributed by atoms with Crippen LogP contribution in [0.5, 0.6) is 11.5 Å².